The Morgan fingerprint density at radius 1 is 1.36 bits per heavy atom. The standard InChI is InChI=1S/C18H24N4O3/c1-25-12-4-9-19-16(23)13-7-10-22(11-8-13)18-20-15-6-3-2-5-14(15)17(24)21-18/h2-3,5-6,13H,4,7-12H2,1H3,(H,19,23)(H,20,21,24). The first kappa shape index (κ1) is 17.4. The molecule has 2 aromatic rings. The number of hydrogen-bond acceptors (Lipinski definition) is 5. The summed E-state index contributed by atoms with van der Waals surface area (Å²) in [4.78, 5) is 33.8. The quantitative estimate of drug-likeness (QED) is 0.771. The first-order valence-electron chi connectivity index (χ1n) is 8.69. The molecular weight excluding hydrogens is 320 g/mol. The number of fused-ring (bicyclic) bond motifs is 1. The van der Waals surface area contributed by atoms with Crippen LogP contribution in [-0.4, -0.2) is 49.2 Å². The zero-order valence-corrected chi connectivity index (χ0v) is 14.5. The maximum atomic E-state index is 12.2. The van der Waals surface area contributed by atoms with Gasteiger partial charge in [0.1, 0.15) is 0 Å². The third kappa shape index (κ3) is 4.17. The molecule has 7 heteroatoms. The van der Waals surface area contributed by atoms with E-state index in [1.165, 1.54) is 0 Å². The summed E-state index contributed by atoms with van der Waals surface area (Å²) in [6.45, 7) is 2.71. The van der Waals surface area contributed by atoms with Gasteiger partial charge < -0.3 is 15.0 Å². The molecule has 1 aromatic heterocycles. The number of piperidine rings is 1. The van der Waals surface area contributed by atoms with Gasteiger partial charge in [-0.3, -0.25) is 14.6 Å². The first-order valence-corrected chi connectivity index (χ1v) is 8.69. The fourth-order valence-corrected chi connectivity index (χ4v) is 3.15. The Morgan fingerprint density at radius 2 is 2.12 bits per heavy atom. The van der Waals surface area contributed by atoms with Crippen LogP contribution in [0.15, 0.2) is 29.1 Å². The molecule has 0 saturated carbocycles. The van der Waals surface area contributed by atoms with E-state index in [4.69, 9.17) is 4.74 Å². The molecule has 1 aliphatic heterocycles. The number of carbonyl (C=O) groups excluding carboxylic acids is 1. The summed E-state index contributed by atoms with van der Waals surface area (Å²) in [5, 5.41) is 3.56. The van der Waals surface area contributed by atoms with Crippen molar-refractivity contribution in [2.24, 2.45) is 5.92 Å². The summed E-state index contributed by atoms with van der Waals surface area (Å²) in [6, 6.07) is 7.31. The van der Waals surface area contributed by atoms with Gasteiger partial charge in [-0.05, 0) is 31.4 Å². The molecule has 1 saturated heterocycles. The molecule has 2 N–H and O–H groups in total. The Labute approximate surface area is 146 Å². The number of hydrogen-bond donors (Lipinski definition) is 2. The van der Waals surface area contributed by atoms with Crippen LogP contribution in [0.4, 0.5) is 5.95 Å². The number of nitrogens with zero attached hydrogens (tertiary/aromatic N) is 2. The number of anilines is 1. The summed E-state index contributed by atoms with van der Waals surface area (Å²) in [7, 11) is 1.66. The van der Waals surface area contributed by atoms with Crippen molar-refractivity contribution < 1.29 is 9.53 Å². The third-order valence-corrected chi connectivity index (χ3v) is 4.59. The minimum absolute atomic E-state index is 0.0194. The molecule has 0 spiro atoms. The van der Waals surface area contributed by atoms with Gasteiger partial charge in [0.05, 0.1) is 10.9 Å². The second-order valence-corrected chi connectivity index (χ2v) is 6.31. The molecule has 0 bridgehead atoms. The number of aromatic nitrogens is 2. The lowest BCUT2D eigenvalue weighted by atomic mass is 9.96. The number of amides is 1. The summed E-state index contributed by atoms with van der Waals surface area (Å²) in [6.07, 6.45) is 2.34. The van der Waals surface area contributed by atoms with Crippen LogP contribution in [0.5, 0.6) is 0 Å². The highest BCUT2D eigenvalue weighted by Gasteiger charge is 2.26. The van der Waals surface area contributed by atoms with Crippen LogP contribution in [0.2, 0.25) is 0 Å². The highest BCUT2D eigenvalue weighted by Crippen LogP contribution is 2.21. The highest BCUT2D eigenvalue weighted by atomic mass is 16.5. The van der Waals surface area contributed by atoms with Crippen LogP contribution in [0.25, 0.3) is 10.9 Å². The molecule has 134 valence electrons. The summed E-state index contributed by atoms with van der Waals surface area (Å²) < 4.78 is 4.98. The molecule has 1 aromatic carbocycles. The van der Waals surface area contributed by atoms with E-state index in [1.54, 1.807) is 13.2 Å². The minimum Gasteiger partial charge on any atom is -0.385 e. The molecule has 25 heavy (non-hydrogen) atoms. The minimum atomic E-state index is -0.126. The van der Waals surface area contributed by atoms with Crippen LogP contribution in [-0.2, 0) is 9.53 Å². The van der Waals surface area contributed by atoms with Gasteiger partial charge in [0, 0.05) is 39.3 Å². The monoisotopic (exact) mass is 344 g/mol. The lowest BCUT2D eigenvalue weighted by Gasteiger charge is -2.31. The van der Waals surface area contributed by atoms with E-state index >= 15 is 0 Å². The van der Waals surface area contributed by atoms with Gasteiger partial charge in [-0.1, -0.05) is 12.1 Å². The molecule has 1 fully saturated rings. The Balaban J connectivity index is 1.59. The molecule has 0 radical (unpaired) electrons. The maximum absolute atomic E-state index is 12.2. The lowest BCUT2D eigenvalue weighted by Crippen LogP contribution is -2.41. The van der Waals surface area contributed by atoms with Gasteiger partial charge >= 0.3 is 0 Å². The zero-order chi connectivity index (χ0) is 17.6. The molecule has 0 unspecified atom stereocenters. The van der Waals surface area contributed by atoms with E-state index in [1.807, 2.05) is 23.1 Å². The molecule has 2 heterocycles. The topological polar surface area (TPSA) is 87.3 Å². The van der Waals surface area contributed by atoms with Gasteiger partial charge in [-0.25, -0.2) is 4.98 Å². The van der Waals surface area contributed by atoms with Crippen LogP contribution in [0, 0.1) is 5.92 Å². The van der Waals surface area contributed by atoms with Crippen molar-refractivity contribution in [2.75, 3.05) is 38.3 Å². The van der Waals surface area contributed by atoms with E-state index in [9.17, 15) is 9.59 Å². The number of benzene rings is 1. The second-order valence-electron chi connectivity index (χ2n) is 6.31. The smallest absolute Gasteiger partial charge is 0.260 e. The molecule has 1 aliphatic rings. The third-order valence-electron chi connectivity index (χ3n) is 4.59. The number of rotatable bonds is 6. The van der Waals surface area contributed by atoms with Crippen LogP contribution in [0.3, 0.4) is 0 Å². The van der Waals surface area contributed by atoms with E-state index in [0.29, 0.717) is 43.1 Å². The average Bonchev–Trinajstić information content (AvgIpc) is 2.65. The summed E-state index contributed by atoms with van der Waals surface area (Å²) in [5.74, 6) is 0.712. The lowest BCUT2D eigenvalue weighted by molar-refractivity contribution is -0.125. The van der Waals surface area contributed by atoms with E-state index < -0.39 is 0 Å². The number of carbonyl (C=O) groups is 1. The molecule has 3 rings (SSSR count). The van der Waals surface area contributed by atoms with E-state index in [0.717, 1.165) is 19.3 Å². The van der Waals surface area contributed by atoms with Crippen molar-refractivity contribution in [1.82, 2.24) is 15.3 Å². The predicted octanol–water partition coefficient (Wildman–Crippen LogP) is 1.29. The first-order chi connectivity index (χ1) is 12.2. The number of ether oxygens (including phenoxy) is 1. The predicted molar refractivity (Wildman–Crippen MR) is 96.8 cm³/mol. The Hall–Kier alpha value is -2.41. The average molecular weight is 344 g/mol. The Morgan fingerprint density at radius 3 is 2.88 bits per heavy atom. The van der Waals surface area contributed by atoms with Gasteiger partial charge in [0.2, 0.25) is 11.9 Å². The molecule has 7 nitrogen and oxygen atoms in total. The van der Waals surface area contributed by atoms with Crippen molar-refractivity contribution in [3.8, 4) is 0 Å². The molecular formula is C18H24N4O3. The highest BCUT2D eigenvalue weighted by molar-refractivity contribution is 5.79. The van der Waals surface area contributed by atoms with Crippen molar-refractivity contribution in [3.63, 3.8) is 0 Å². The number of methoxy groups -OCH3 is 1. The van der Waals surface area contributed by atoms with Gasteiger partial charge in [-0.2, -0.15) is 0 Å². The van der Waals surface area contributed by atoms with Crippen LogP contribution >= 0.6 is 0 Å². The molecule has 0 atom stereocenters. The van der Waals surface area contributed by atoms with Gasteiger partial charge in [0.25, 0.3) is 5.56 Å². The van der Waals surface area contributed by atoms with Crippen molar-refractivity contribution in [3.05, 3.63) is 34.6 Å². The summed E-state index contributed by atoms with van der Waals surface area (Å²) >= 11 is 0. The second kappa shape index (κ2) is 8.11. The van der Waals surface area contributed by atoms with E-state index in [2.05, 4.69) is 15.3 Å². The molecule has 0 aliphatic carbocycles. The molecule has 1 amide bonds. The van der Waals surface area contributed by atoms with Crippen molar-refractivity contribution >= 4 is 22.8 Å². The maximum Gasteiger partial charge on any atom is 0.260 e. The van der Waals surface area contributed by atoms with Gasteiger partial charge in [0.15, 0.2) is 0 Å². The Bertz CT molecular complexity index is 781. The number of nitrogens with one attached hydrogen (secondary N) is 2. The summed E-state index contributed by atoms with van der Waals surface area (Å²) in [5.41, 5.74) is 0.567. The van der Waals surface area contributed by atoms with E-state index in [-0.39, 0.29) is 17.4 Å². The normalized spacial score (nSPS) is 15.5. The van der Waals surface area contributed by atoms with Crippen LogP contribution in [0.1, 0.15) is 19.3 Å². The number of para-hydroxylation sites is 1. The SMILES string of the molecule is COCCCNC(=O)C1CCN(c2nc3ccccc3c(=O)[nH]2)CC1. The fraction of sp³-hybridized carbons (Fsp3) is 0.500. The number of H-pyrrole nitrogens is 1. The van der Waals surface area contributed by atoms with Crippen molar-refractivity contribution in [1.29, 1.82) is 0 Å². The number of aromatic amines is 1. The fourth-order valence-electron chi connectivity index (χ4n) is 3.15. The van der Waals surface area contributed by atoms with Crippen molar-refractivity contribution in [2.45, 2.75) is 19.3 Å². The zero-order valence-electron chi connectivity index (χ0n) is 14.5. The Kier molecular flexibility index (Phi) is 5.65. The van der Waals surface area contributed by atoms with Crippen LogP contribution < -0.4 is 15.8 Å². The largest absolute Gasteiger partial charge is 0.385 e. The van der Waals surface area contributed by atoms with Gasteiger partial charge in [-0.15, -0.1) is 0 Å².